The lowest BCUT2D eigenvalue weighted by Gasteiger charge is -2.11. The van der Waals surface area contributed by atoms with Gasteiger partial charge < -0.3 is 10.6 Å². The third-order valence-corrected chi connectivity index (χ3v) is 4.43. The van der Waals surface area contributed by atoms with Gasteiger partial charge in [-0.1, -0.05) is 42.5 Å². The van der Waals surface area contributed by atoms with Gasteiger partial charge in [0.2, 0.25) is 0 Å². The highest BCUT2D eigenvalue weighted by atomic mass is 32.1. The van der Waals surface area contributed by atoms with Crippen LogP contribution in [-0.2, 0) is 6.42 Å². The summed E-state index contributed by atoms with van der Waals surface area (Å²) in [4.78, 5) is 24.7. The third-order valence-electron chi connectivity index (χ3n) is 3.75. The molecule has 0 saturated carbocycles. The molecule has 0 spiro atoms. The van der Waals surface area contributed by atoms with Crippen LogP contribution in [0.15, 0.2) is 71.4 Å². The third kappa shape index (κ3) is 4.55. The molecule has 126 valence electrons. The zero-order valence-corrected chi connectivity index (χ0v) is 14.4. The Labute approximate surface area is 150 Å². The lowest BCUT2D eigenvalue weighted by molar-refractivity contribution is 0.0955. The van der Waals surface area contributed by atoms with E-state index in [4.69, 9.17) is 0 Å². The van der Waals surface area contributed by atoms with Gasteiger partial charge in [-0.2, -0.15) is 11.3 Å². The standard InChI is InChI=1S/C20H18N2O2S/c23-19(16-11-13-25-14-16)22-18-9-5-4-8-17(18)20(24)21-12-10-15-6-2-1-3-7-15/h1-9,11,13-14H,10,12H2,(H,21,24)(H,22,23). The predicted molar refractivity (Wildman–Crippen MR) is 101 cm³/mol. The van der Waals surface area contributed by atoms with Crippen molar-refractivity contribution in [2.75, 3.05) is 11.9 Å². The highest BCUT2D eigenvalue weighted by Gasteiger charge is 2.13. The van der Waals surface area contributed by atoms with Crippen molar-refractivity contribution in [2.45, 2.75) is 6.42 Å². The van der Waals surface area contributed by atoms with Crippen molar-refractivity contribution in [3.63, 3.8) is 0 Å². The Morgan fingerprint density at radius 1 is 0.880 bits per heavy atom. The minimum Gasteiger partial charge on any atom is -0.352 e. The number of carbonyl (C=O) groups excluding carboxylic acids is 2. The Kier molecular flexibility index (Phi) is 5.59. The molecule has 0 aliphatic heterocycles. The molecule has 0 atom stereocenters. The van der Waals surface area contributed by atoms with E-state index in [1.807, 2.05) is 35.7 Å². The Morgan fingerprint density at radius 3 is 2.40 bits per heavy atom. The zero-order valence-electron chi connectivity index (χ0n) is 13.6. The number of amides is 2. The lowest BCUT2D eigenvalue weighted by atomic mass is 10.1. The number of hydrogen-bond acceptors (Lipinski definition) is 3. The van der Waals surface area contributed by atoms with Gasteiger partial charge in [-0.25, -0.2) is 0 Å². The summed E-state index contributed by atoms with van der Waals surface area (Å²) in [6.07, 6.45) is 0.760. The number of thiophene rings is 1. The SMILES string of the molecule is O=C(Nc1ccccc1C(=O)NCCc1ccccc1)c1ccsc1. The minimum atomic E-state index is -0.217. The molecule has 0 aliphatic carbocycles. The van der Waals surface area contributed by atoms with Crippen LogP contribution in [0.2, 0.25) is 0 Å². The minimum absolute atomic E-state index is 0.197. The second-order valence-electron chi connectivity index (χ2n) is 5.50. The molecule has 1 heterocycles. The molecule has 2 N–H and O–H groups in total. The fraction of sp³-hybridized carbons (Fsp3) is 0.100. The smallest absolute Gasteiger partial charge is 0.256 e. The van der Waals surface area contributed by atoms with Crippen LogP contribution in [0.4, 0.5) is 5.69 Å². The summed E-state index contributed by atoms with van der Waals surface area (Å²) in [5.41, 5.74) is 2.72. The van der Waals surface area contributed by atoms with E-state index in [9.17, 15) is 9.59 Å². The van der Waals surface area contributed by atoms with Crippen LogP contribution in [-0.4, -0.2) is 18.4 Å². The number of rotatable bonds is 6. The molecule has 5 heteroatoms. The number of anilines is 1. The van der Waals surface area contributed by atoms with Gasteiger partial charge in [0.25, 0.3) is 11.8 Å². The molecule has 0 radical (unpaired) electrons. The van der Waals surface area contributed by atoms with Crippen LogP contribution in [0, 0.1) is 0 Å². The van der Waals surface area contributed by atoms with Crippen LogP contribution < -0.4 is 10.6 Å². The van der Waals surface area contributed by atoms with E-state index < -0.39 is 0 Å². The summed E-state index contributed by atoms with van der Waals surface area (Å²) in [5, 5.41) is 9.34. The molecule has 0 fully saturated rings. The van der Waals surface area contributed by atoms with Crippen LogP contribution in [0.5, 0.6) is 0 Å². The van der Waals surface area contributed by atoms with E-state index >= 15 is 0 Å². The first-order chi connectivity index (χ1) is 12.2. The largest absolute Gasteiger partial charge is 0.352 e. The molecular formula is C20H18N2O2S. The van der Waals surface area contributed by atoms with Crippen LogP contribution in [0.1, 0.15) is 26.3 Å². The van der Waals surface area contributed by atoms with Crippen molar-refractivity contribution in [3.8, 4) is 0 Å². The number of nitrogens with one attached hydrogen (secondary N) is 2. The maximum Gasteiger partial charge on any atom is 0.256 e. The van der Waals surface area contributed by atoms with E-state index in [1.165, 1.54) is 16.9 Å². The molecule has 2 amide bonds. The van der Waals surface area contributed by atoms with Crippen molar-refractivity contribution in [3.05, 3.63) is 88.1 Å². The second-order valence-corrected chi connectivity index (χ2v) is 6.28. The molecule has 25 heavy (non-hydrogen) atoms. The van der Waals surface area contributed by atoms with E-state index in [1.54, 1.807) is 35.7 Å². The number of carbonyl (C=O) groups is 2. The fourth-order valence-corrected chi connectivity index (χ4v) is 3.07. The Balaban J connectivity index is 1.63. The highest BCUT2D eigenvalue weighted by Crippen LogP contribution is 2.17. The second kappa shape index (κ2) is 8.26. The van der Waals surface area contributed by atoms with Crippen LogP contribution >= 0.6 is 11.3 Å². The summed E-state index contributed by atoms with van der Waals surface area (Å²) in [6, 6.07) is 18.8. The van der Waals surface area contributed by atoms with Crippen molar-refractivity contribution >= 4 is 28.8 Å². The van der Waals surface area contributed by atoms with Crippen LogP contribution in [0.3, 0.4) is 0 Å². The number of para-hydroxylation sites is 1. The van der Waals surface area contributed by atoms with Gasteiger partial charge >= 0.3 is 0 Å². The first-order valence-electron chi connectivity index (χ1n) is 7.99. The average molecular weight is 350 g/mol. The topological polar surface area (TPSA) is 58.2 Å². The van der Waals surface area contributed by atoms with Gasteiger partial charge in [-0.3, -0.25) is 9.59 Å². The van der Waals surface area contributed by atoms with Gasteiger partial charge in [0.1, 0.15) is 0 Å². The summed E-state index contributed by atoms with van der Waals surface area (Å²) in [6.45, 7) is 0.537. The van der Waals surface area contributed by atoms with Gasteiger partial charge in [-0.05, 0) is 35.6 Å². The van der Waals surface area contributed by atoms with Gasteiger partial charge in [0, 0.05) is 11.9 Å². The Morgan fingerprint density at radius 2 is 1.64 bits per heavy atom. The molecule has 4 nitrogen and oxygen atoms in total. The first-order valence-corrected chi connectivity index (χ1v) is 8.93. The van der Waals surface area contributed by atoms with Crippen molar-refractivity contribution in [1.29, 1.82) is 0 Å². The first kappa shape index (κ1) is 16.9. The average Bonchev–Trinajstić information content (AvgIpc) is 3.18. The maximum absolute atomic E-state index is 12.5. The molecule has 0 aliphatic rings. The van der Waals surface area contributed by atoms with Crippen molar-refractivity contribution < 1.29 is 9.59 Å². The van der Waals surface area contributed by atoms with Gasteiger partial charge in [-0.15, -0.1) is 0 Å². The van der Waals surface area contributed by atoms with E-state index in [0.717, 1.165) is 6.42 Å². The Hall–Kier alpha value is -2.92. The molecular weight excluding hydrogens is 332 g/mol. The lowest BCUT2D eigenvalue weighted by Crippen LogP contribution is -2.27. The van der Waals surface area contributed by atoms with E-state index in [-0.39, 0.29) is 11.8 Å². The summed E-state index contributed by atoms with van der Waals surface area (Å²) in [7, 11) is 0. The molecule has 3 rings (SSSR count). The van der Waals surface area contributed by atoms with Gasteiger partial charge in [0.15, 0.2) is 0 Å². The fourth-order valence-electron chi connectivity index (χ4n) is 2.44. The van der Waals surface area contributed by atoms with E-state index in [2.05, 4.69) is 10.6 Å². The zero-order chi connectivity index (χ0) is 17.5. The van der Waals surface area contributed by atoms with E-state index in [0.29, 0.717) is 23.4 Å². The number of hydrogen-bond donors (Lipinski definition) is 2. The Bertz CT molecular complexity index is 845. The van der Waals surface area contributed by atoms with Crippen molar-refractivity contribution in [1.82, 2.24) is 5.32 Å². The maximum atomic E-state index is 12.5. The summed E-state index contributed by atoms with van der Waals surface area (Å²) in [5.74, 6) is -0.414. The monoisotopic (exact) mass is 350 g/mol. The molecule has 0 bridgehead atoms. The van der Waals surface area contributed by atoms with Crippen molar-refractivity contribution in [2.24, 2.45) is 0 Å². The predicted octanol–water partition coefficient (Wildman–Crippen LogP) is 3.97. The normalized spacial score (nSPS) is 10.2. The highest BCUT2D eigenvalue weighted by molar-refractivity contribution is 7.08. The number of benzene rings is 2. The summed E-state index contributed by atoms with van der Waals surface area (Å²) >= 11 is 1.46. The van der Waals surface area contributed by atoms with Gasteiger partial charge in [0.05, 0.1) is 16.8 Å². The molecule has 0 saturated heterocycles. The molecule has 2 aromatic carbocycles. The molecule has 0 unspecified atom stereocenters. The molecule has 1 aromatic heterocycles. The van der Waals surface area contributed by atoms with Crippen LogP contribution in [0.25, 0.3) is 0 Å². The molecule has 3 aromatic rings. The summed E-state index contributed by atoms with van der Waals surface area (Å²) < 4.78 is 0. The quantitative estimate of drug-likeness (QED) is 0.707.